The highest BCUT2D eigenvalue weighted by Gasteiger charge is 2.26. The second-order valence-corrected chi connectivity index (χ2v) is 8.09. The molecule has 0 aliphatic heterocycles. The molecule has 0 unspecified atom stereocenters. The molecule has 0 aromatic heterocycles. The second-order valence-electron chi connectivity index (χ2n) is 7.24. The van der Waals surface area contributed by atoms with Crippen LogP contribution >= 0.6 is 15.9 Å². The Morgan fingerprint density at radius 1 is 1.00 bits per heavy atom. The molecule has 3 aromatic carbocycles. The number of allylic oxidation sites excluding steroid dienone is 2. The highest BCUT2D eigenvalue weighted by Crippen LogP contribution is 2.46. The van der Waals surface area contributed by atoms with Crippen molar-refractivity contribution in [2.24, 2.45) is 0 Å². The Labute approximate surface area is 184 Å². The van der Waals surface area contributed by atoms with Crippen molar-refractivity contribution in [3.8, 4) is 5.75 Å². The fourth-order valence-corrected chi connectivity index (χ4v) is 4.33. The maximum atomic E-state index is 11.4. The van der Waals surface area contributed by atoms with Crippen molar-refractivity contribution in [3.63, 3.8) is 0 Å². The molecular formula is C26H21BrO3. The lowest BCUT2D eigenvalue weighted by Gasteiger charge is -2.08. The molecule has 0 saturated heterocycles. The molecule has 30 heavy (non-hydrogen) atoms. The van der Waals surface area contributed by atoms with Crippen molar-refractivity contribution in [1.82, 2.24) is 0 Å². The molecule has 3 nitrogen and oxygen atoms in total. The Hall–Kier alpha value is -3.11. The normalized spacial score (nSPS) is 14.1. The van der Waals surface area contributed by atoms with E-state index in [2.05, 4.69) is 46.3 Å². The maximum Gasteiger partial charge on any atom is 0.307 e. The molecule has 1 aliphatic carbocycles. The van der Waals surface area contributed by atoms with Gasteiger partial charge in [0.15, 0.2) is 0 Å². The van der Waals surface area contributed by atoms with Gasteiger partial charge in [0, 0.05) is 10.0 Å². The second kappa shape index (κ2) is 8.72. The Morgan fingerprint density at radius 3 is 2.43 bits per heavy atom. The van der Waals surface area contributed by atoms with Gasteiger partial charge in [-0.2, -0.15) is 0 Å². The zero-order valence-electron chi connectivity index (χ0n) is 16.6. The molecule has 0 saturated carbocycles. The van der Waals surface area contributed by atoms with Crippen LogP contribution in [0.25, 0.3) is 17.2 Å². The van der Waals surface area contributed by atoms with E-state index in [0.717, 1.165) is 49.2 Å². The number of rotatable bonds is 6. The molecule has 1 aliphatic rings. The summed E-state index contributed by atoms with van der Waals surface area (Å²) >= 11 is 3.60. The number of carboxylic acid groups (broad SMARTS) is 1. The summed E-state index contributed by atoms with van der Waals surface area (Å²) in [5.74, 6) is 0.0265. The maximum absolute atomic E-state index is 11.4. The molecule has 0 amide bonds. The van der Waals surface area contributed by atoms with E-state index in [-0.39, 0.29) is 6.42 Å². The Balaban J connectivity index is 1.60. The summed E-state index contributed by atoms with van der Waals surface area (Å²) in [5.41, 5.74) is 7.14. The van der Waals surface area contributed by atoms with Gasteiger partial charge in [0.2, 0.25) is 0 Å². The number of hydrogen-bond acceptors (Lipinski definition) is 2. The summed E-state index contributed by atoms with van der Waals surface area (Å²) in [6.07, 6.45) is 2.13. The summed E-state index contributed by atoms with van der Waals surface area (Å²) in [6, 6.07) is 24.0. The number of carboxylic acids is 1. The van der Waals surface area contributed by atoms with Crippen LogP contribution in [0.3, 0.4) is 0 Å². The Kier molecular flexibility index (Phi) is 5.86. The largest absolute Gasteiger partial charge is 0.489 e. The number of aliphatic carboxylic acids is 1. The van der Waals surface area contributed by atoms with E-state index in [0.29, 0.717) is 6.61 Å². The van der Waals surface area contributed by atoms with Gasteiger partial charge in [0.1, 0.15) is 12.4 Å². The van der Waals surface area contributed by atoms with Crippen LogP contribution in [0.4, 0.5) is 0 Å². The molecule has 0 bridgehead atoms. The third kappa shape index (κ3) is 4.24. The van der Waals surface area contributed by atoms with E-state index in [1.54, 1.807) is 0 Å². The van der Waals surface area contributed by atoms with Gasteiger partial charge in [-0.25, -0.2) is 0 Å². The highest BCUT2D eigenvalue weighted by molar-refractivity contribution is 9.10. The molecule has 150 valence electrons. The number of ether oxygens (including phenoxy) is 1. The third-order valence-electron chi connectivity index (χ3n) is 5.23. The van der Waals surface area contributed by atoms with E-state index in [4.69, 9.17) is 4.74 Å². The molecule has 0 atom stereocenters. The molecule has 0 spiro atoms. The molecule has 4 heteroatoms. The predicted molar refractivity (Wildman–Crippen MR) is 124 cm³/mol. The molecule has 4 rings (SSSR count). The quantitative estimate of drug-likeness (QED) is 0.438. The molecular weight excluding hydrogens is 440 g/mol. The molecule has 3 aromatic rings. The van der Waals surface area contributed by atoms with E-state index in [1.165, 1.54) is 0 Å². The first-order valence-electron chi connectivity index (χ1n) is 9.72. The fraction of sp³-hybridized carbons (Fsp3) is 0.115. The summed E-state index contributed by atoms with van der Waals surface area (Å²) in [7, 11) is 0. The number of fused-ring (bicyclic) bond motifs is 1. The van der Waals surface area contributed by atoms with Gasteiger partial charge in [-0.05, 0) is 64.6 Å². The zero-order chi connectivity index (χ0) is 21.1. The lowest BCUT2D eigenvalue weighted by atomic mass is 10.0. The van der Waals surface area contributed by atoms with E-state index in [9.17, 15) is 9.90 Å². The van der Waals surface area contributed by atoms with Crippen LogP contribution in [0.5, 0.6) is 5.75 Å². The van der Waals surface area contributed by atoms with Crippen LogP contribution < -0.4 is 4.74 Å². The summed E-state index contributed by atoms with van der Waals surface area (Å²) in [5, 5.41) is 9.37. The van der Waals surface area contributed by atoms with Gasteiger partial charge >= 0.3 is 5.97 Å². The van der Waals surface area contributed by atoms with Gasteiger partial charge in [-0.1, -0.05) is 70.5 Å². The van der Waals surface area contributed by atoms with Crippen LogP contribution in [0, 0.1) is 0 Å². The minimum Gasteiger partial charge on any atom is -0.489 e. The lowest BCUT2D eigenvalue weighted by molar-refractivity contribution is -0.135. The van der Waals surface area contributed by atoms with Crippen molar-refractivity contribution < 1.29 is 14.6 Å². The van der Waals surface area contributed by atoms with Gasteiger partial charge in [0.25, 0.3) is 0 Å². The van der Waals surface area contributed by atoms with E-state index in [1.807, 2.05) is 55.5 Å². The van der Waals surface area contributed by atoms with Crippen LogP contribution in [-0.4, -0.2) is 11.1 Å². The standard InChI is InChI=1S/C26H21BrO3/c1-17-22(21-8-5-9-24(27)26(21)23(17)15-25(28)29)14-18-10-12-19(13-11-18)16-30-20-6-3-2-4-7-20/h2-14H,15-16H2,1H3,(H,28,29)/b22-14-. The minimum absolute atomic E-state index is 0.00848. The first-order valence-corrected chi connectivity index (χ1v) is 10.5. The topological polar surface area (TPSA) is 46.5 Å². The van der Waals surface area contributed by atoms with Crippen molar-refractivity contribution in [3.05, 3.63) is 105 Å². The molecule has 0 heterocycles. The van der Waals surface area contributed by atoms with E-state index >= 15 is 0 Å². The van der Waals surface area contributed by atoms with Crippen LogP contribution in [0.15, 0.2) is 82.8 Å². The highest BCUT2D eigenvalue weighted by atomic mass is 79.9. The average molecular weight is 461 g/mol. The predicted octanol–water partition coefficient (Wildman–Crippen LogP) is 6.83. The number of para-hydroxylation sites is 1. The van der Waals surface area contributed by atoms with Crippen LogP contribution in [0.1, 0.15) is 35.6 Å². The van der Waals surface area contributed by atoms with Crippen molar-refractivity contribution >= 4 is 39.1 Å². The first kappa shape index (κ1) is 20.2. The van der Waals surface area contributed by atoms with Crippen molar-refractivity contribution in [1.29, 1.82) is 0 Å². The molecule has 1 N–H and O–H groups in total. The number of hydrogen-bond donors (Lipinski definition) is 1. The van der Waals surface area contributed by atoms with Crippen molar-refractivity contribution in [2.75, 3.05) is 0 Å². The van der Waals surface area contributed by atoms with Gasteiger partial charge < -0.3 is 9.84 Å². The first-order chi connectivity index (χ1) is 14.5. The number of halogens is 1. The fourth-order valence-electron chi connectivity index (χ4n) is 3.73. The van der Waals surface area contributed by atoms with Gasteiger partial charge in [-0.3, -0.25) is 4.79 Å². The Morgan fingerprint density at radius 2 is 1.73 bits per heavy atom. The smallest absolute Gasteiger partial charge is 0.307 e. The summed E-state index contributed by atoms with van der Waals surface area (Å²) in [6.45, 7) is 2.51. The van der Waals surface area contributed by atoms with Crippen molar-refractivity contribution in [2.45, 2.75) is 20.0 Å². The number of carbonyl (C=O) groups is 1. The van der Waals surface area contributed by atoms with Gasteiger partial charge in [0.05, 0.1) is 6.42 Å². The molecule has 0 radical (unpaired) electrons. The lowest BCUT2D eigenvalue weighted by Crippen LogP contribution is -1.97. The zero-order valence-corrected chi connectivity index (χ0v) is 18.1. The SMILES string of the molecule is CC1=C(CC(=O)O)c2c(Br)cccc2/C1=C\c1ccc(COc2ccccc2)cc1. The monoisotopic (exact) mass is 460 g/mol. The Bertz CT molecular complexity index is 1140. The summed E-state index contributed by atoms with van der Waals surface area (Å²) in [4.78, 5) is 11.4. The molecule has 0 fully saturated rings. The number of benzene rings is 3. The minimum atomic E-state index is -0.824. The third-order valence-corrected chi connectivity index (χ3v) is 5.89. The van der Waals surface area contributed by atoms with Gasteiger partial charge in [-0.15, -0.1) is 0 Å². The van der Waals surface area contributed by atoms with Crippen LogP contribution in [-0.2, 0) is 11.4 Å². The average Bonchev–Trinajstić information content (AvgIpc) is 3.00. The van der Waals surface area contributed by atoms with E-state index < -0.39 is 5.97 Å². The van der Waals surface area contributed by atoms with Crippen LogP contribution in [0.2, 0.25) is 0 Å². The summed E-state index contributed by atoms with van der Waals surface area (Å²) < 4.78 is 6.73.